The highest BCUT2D eigenvalue weighted by Gasteiger charge is 2.31. The lowest BCUT2D eigenvalue weighted by Gasteiger charge is -2.32. The molecule has 3 heterocycles. The summed E-state index contributed by atoms with van der Waals surface area (Å²) in [4.78, 5) is 18.5. The first kappa shape index (κ1) is 21.5. The third-order valence-corrected chi connectivity index (χ3v) is 5.03. The molecule has 1 aromatic carbocycles. The van der Waals surface area contributed by atoms with Crippen LogP contribution in [0.15, 0.2) is 49.1 Å². The van der Waals surface area contributed by atoms with Crippen molar-refractivity contribution in [3.8, 4) is 11.6 Å². The summed E-state index contributed by atoms with van der Waals surface area (Å²) in [5, 5.41) is 15.3. The first-order valence-electron chi connectivity index (χ1n) is 9.93. The van der Waals surface area contributed by atoms with Crippen LogP contribution in [0.1, 0.15) is 18.4 Å². The van der Waals surface area contributed by atoms with E-state index in [1.165, 1.54) is 41.6 Å². The van der Waals surface area contributed by atoms with E-state index < -0.39 is 6.36 Å². The van der Waals surface area contributed by atoms with Crippen molar-refractivity contribution in [3.63, 3.8) is 0 Å². The second kappa shape index (κ2) is 9.20. The third-order valence-electron chi connectivity index (χ3n) is 5.03. The van der Waals surface area contributed by atoms with Gasteiger partial charge in [-0.1, -0.05) is 12.1 Å². The van der Waals surface area contributed by atoms with Crippen LogP contribution < -0.4 is 15.0 Å². The van der Waals surface area contributed by atoms with Crippen molar-refractivity contribution in [2.24, 2.45) is 5.92 Å². The summed E-state index contributed by atoms with van der Waals surface area (Å²) in [7, 11) is 0. The van der Waals surface area contributed by atoms with Crippen molar-refractivity contribution in [2.75, 3.05) is 18.0 Å². The number of nitrogens with one attached hydrogen (secondary N) is 1. The van der Waals surface area contributed by atoms with Gasteiger partial charge in [0.2, 0.25) is 5.91 Å². The maximum atomic E-state index is 12.6. The molecule has 2 aromatic heterocycles. The molecule has 12 heteroatoms. The van der Waals surface area contributed by atoms with E-state index in [-0.39, 0.29) is 24.1 Å². The Morgan fingerprint density at radius 1 is 1.12 bits per heavy atom. The van der Waals surface area contributed by atoms with Crippen LogP contribution in [0.5, 0.6) is 5.75 Å². The largest absolute Gasteiger partial charge is 0.573 e. The summed E-state index contributed by atoms with van der Waals surface area (Å²) in [6, 6.07) is 9.03. The Kier molecular flexibility index (Phi) is 6.19. The lowest BCUT2D eigenvalue weighted by molar-refractivity contribution is -0.274. The number of carbonyl (C=O) groups excluding carboxylic acids is 1. The number of alkyl halides is 3. The quantitative estimate of drug-likeness (QED) is 0.620. The fraction of sp³-hybridized carbons (Fsp3) is 0.350. The lowest BCUT2D eigenvalue weighted by atomic mass is 9.97. The van der Waals surface area contributed by atoms with Crippen LogP contribution in [0.25, 0.3) is 5.82 Å². The van der Waals surface area contributed by atoms with Gasteiger partial charge in [0.05, 0.1) is 5.92 Å². The van der Waals surface area contributed by atoms with E-state index in [4.69, 9.17) is 0 Å². The smallest absolute Gasteiger partial charge is 0.406 e. The molecule has 0 saturated carbocycles. The number of halogens is 3. The second-order valence-electron chi connectivity index (χ2n) is 7.28. The number of nitrogens with zero attached hydrogens (tertiary/aromatic N) is 6. The molecule has 32 heavy (non-hydrogen) atoms. The molecule has 9 nitrogen and oxygen atoms in total. The summed E-state index contributed by atoms with van der Waals surface area (Å²) < 4.78 is 42.1. The molecular weight excluding hydrogens is 427 g/mol. The molecular formula is C20H20F3N7O2. The number of anilines is 1. The fourth-order valence-electron chi connectivity index (χ4n) is 3.48. The molecule has 0 spiro atoms. The van der Waals surface area contributed by atoms with Crippen molar-refractivity contribution >= 4 is 11.7 Å². The van der Waals surface area contributed by atoms with E-state index in [1.807, 2.05) is 11.0 Å². The first-order chi connectivity index (χ1) is 15.4. The zero-order valence-electron chi connectivity index (χ0n) is 16.9. The maximum absolute atomic E-state index is 12.6. The topological polar surface area (TPSA) is 98.1 Å². The van der Waals surface area contributed by atoms with Gasteiger partial charge in [0.25, 0.3) is 0 Å². The molecule has 1 aliphatic heterocycles. The Balaban J connectivity index is 1.30. The zero-order chi connectivity index (χ0) is 22.6. The summed E-state index contributed by atoms with van der Waals surface area (Å²) in [6.45, 7) is 1.48. The van der Waals surface area contributed by atoms with Gasteiger partial charge in [0, 0.05) is 19.6 Å². The van der Waals surface area contributed by atoms with Crippen LogP contribution in [-0.4, -0.2) is 50.3 Å². The predicted molar refractivity (Wildman–Crippen MR) is 107 cm³/mol. The van der Waals surface area contributed by atoms with Gasteiger partial charge in [0.15, 0.2) is 11.6 Å². The predicted octanol–water partition coefficient (Wildman–Crippen LogP) is 2.49. The Morgan fingerprint density at radius 2 is 1.88 bits per heavy atom. The fourth-order valence-corrected chi connectivity index (χ4v) is 3.48. The van der Waals surface area contributed by atoms with Crippen LogP contribution >= 0.6 is 0 Å². The van der Waals surface area contributed by atoms with Gasteiger partial charge in [-0.3, -0.25) is 4.79 Å². The van der Waals surface area contributed by atoms with Crippen molar-refractivity contribution in [1.29, 1.82) is 0 Å². The first-order valence-corrected chi connectivity index (χ1v) is 9.93. The normalized spacial score (nSPS) is 16.6. The number of rotatable bonds is 6. The van der Waals surface area contributed by atoms with E-state index in [2.05, 4.69) is 30.3 Å². The highest BCUT2D eigenvalue weighted by Crippen LogP contribution is 2.24. The number of piperidine rings is 1. The number of benzene rings is 1. The van der Waals surface area contributed by atoms with Gasteiger partial charge in [0.1, 0.15) is 18.4 Å². The summed E-state index contributed by atoms with van der Waals surface area (Å²) in [6.07, 6.45) is -0.223. The third kappa shape index (κ3) is 5.50. The van der Waals surface area contributed by atoms with E-state index in [0.717, 1.165) is 19.4 Å². The molecule has 4 rings (SSSR count). The number of hydrogen-bond donors (Lipinski definition) is 1. The minimum Gasteiger partial charge on any atom is -0.406 e. The van der Waals surface area contributed by atoms with E-state index >= 15 is 0 Å². The van der Waals surface area contributed by atoms with Crippen LogP contribution in [-0.2, 0) is 11.3 Å². The number of hydrogen-bond acceptors (Lipinski definition) is 7. The van der Waals surface area contributed by atoms with Gasteiger partial charge in [-0.2, -0.15) is 5.10 Å². The van der Waals surface area contributed by atoms with Crippen molar-refractivity contribution in [1.82, 2.24) is 30.3 Å². The van der Waals surface area contributed by atoms with Crippen molar-refractivity contribution < 1.29 is 22.7 Å². The monoisotopic (exact) mass is 447 g/mol. The molecule has 1 fully saturated rings. The molecule has 168 valence electrons. The Hall–Kier alpha value is -3.70. The van der Waals surface area contributed by atoms with Crippen molar-refractivity contribution in [3.05, 3.63) is 54.6 Å². The van der Waals surface area contributed by atoms with Crippen LogP contribution in [0, 0.1) is 5.92 Å². The maximum Gasteiger partial charge on any atom is 0.573 e. The Labute approximate surface area is 181 Å². The number of amides is 1. The summed E-state index contributed by atoms with van der Waals surface area (Å²) in [5.41, 5.74) is 0.676. The van der Waals surface area contributed by atoms with E-state index in [1.54, 1.807) is 6.07 Å². The van der Waals surface area contributed by atoms with Gasteiger partial charge >= 0.3 is 6.36 Å². The van der Waals surface area contributed by atoms with E-state index in [0.29, 0.717) is 23.7 Å². The number of ether oxygens (including phenoxy) is 1. The molecule has 1 aliphatic rings. The van der Waals surface area contributed by atoms with Crippen LogP contribution in [0.3, 0.4) is 0 Å². The number of aromatic nitrogens is 5. The lowest BCUT2D eigenvalue weighted by Crippen LogP contribution is -2.43. The minimum absolute atomic E-state index is 0.113. The van der Waals surface area contributed by atoms with Crippen LogP contribution in [0.2, 0.25) is 0 Å². The second-order valence-corrected chi connectivity index (χ2v) is 7.28. The highest BCUT2D eigenvalue weighted by molar-refractivity contribution is 5.79. The molecule has 1 atom stereocenters. The average Bonchev–Trinajstić information content (AvgIpc) is 3.33. The minimum atomic E-state index is -4.73. The molecule has 1 N–H and O–H groups in total. The molecule has 0 bridgehead atoms. The molecule has 0 radical (unpaired) electrons. The Morgan fingerprint density at radius 3 is 2.53 bits per heavy atom. The van der Waals surface area contributed by atoms with Gasteiger partial charge in [-0.25, -0.2) is 9.67 Å². The van der Waals surface area contributed by atoms with E-state index in [9.17, 15) is 18.0 Å². The van der Waals surface area contributed by atoms with Crippen LogP contribution in [0.4, 0.5) is 19.0 Å². The standard InChI is InChI=1S/C20H20F3N7O2/c21-20(22,23)32-16-5-3-14(4-6-16)10-25-19(31)15-2-1-9-29(11-15)17-7-8-18(28-27-17)30-13-24-12-26-30/h3-8,12-13,15H,1-2,9-11H2,(H,25,31). The van der Waals surface area contributed by atoms with Gasteiger partial charge < -0.3 is 15.0 Å². The SMILES string of the molecule is O=C(NCc1ccc(OC(F)(F)F)cc1)C1CCCN(c2ccc(-n3cncn3)nn2)C1. The molecule has 1 saturated heterocycles. The van der Waals surface area contributed by atoms with Crippen molar-refractivity contribution in [2.45, 2.75) is 25.7 Å². The van der Waals surface area contributed by atoms with Gasteiger partial charge in [-0.05, 0) is 42.7 Å². The molecule has 3 aromatic rings. The Bertz CT molecular complexity index is 1020. The average molecular weight is 447 g/mol. The highest BCUT2D eigenvalue weighted by atomic mass is 19.4. The zero-order valence-corrected chi connectivity index (χ0v) is 16.9. The van der Waals surface area contributed by atoms with Gasteiger partial charge in [-0.15, -0.1) is 23.4 Å². The number of carbonyl (C=O) groups is 1. The molecule has 0 aliphatic carbocycles. The molecule has 1 unspecified atom stereocenters. The summed E-state index contributed by atoms with van der Waals surface area (Å²) in [5.74, 6) is 0.577. The molecule has 1 amide bonds. The summed E-state index contributed by atoms with van der Waals surface area (Å²) >= 11 is 0.